The third-order valence-electron chi connectivity index (χ3n) is 2.92. The van der Waals surface area contributed by atoms with Gasteiger partial charge in [0.1, 0.15) is 5.69 Å². The Labute approximate surface area is 160 Å². The number of hydrogen-bond acceptors (Lipinski definition) is 7. The number of hydrazone groups is 1. The quantitative estimate of drug-likeness (QED) is 0.364. The van der Waals surface area contributed by atoms with Gasteiger partial charge < -0.3 is 0 Å². The molecule has 0 radical (unpaired) electrons. The van der Waals surface area contributed by atoms with Gasteiger partial charge in [-0.1, -0.05) is 63.3 Å². The second-order valence-corrected chi connectivity index (χ2v) is 7.75. The number of nitrogens with zero attached hydrogens (tertiary/aromatic N) is 4. The van der Waals surface area contributed by atoms with Crippen LogP contribution in [0.1, 0.15) is 5.56 Å². The van der Waals surface area contributed by atoms with Crippen LogP contribution in [0.4, 0.5) is 0 Å². The van der Waals surface area contributed by atoms with Crippen LogP contribution in [0.25, 0.3) is 10.7 Å². The van der Waals surface area contributed by atoms with E-state index in [2.05, 4.69) is 41.6 Å². The topological polar surface area (TPSA) is 80.1 Å². The van der Waals surface area contributed by atoms with Crippen LogP contribution in [0.2, 0.25) is 0 Å². The summed E-state index contributed by atoms with van der Waals surface area (Å²) in [7, 11) is 0. The number of pyridine rings is 1. The molecule has 1 N–H and O–H groups in total. The Morgan fingerprint density at radius 2 is 2.08 bits per heavy atom. The van der Waals surface area contributed by atoms with Gasteiger partial charge in [-0.2, -0.15) is 5.10 Å². The molecule has 0 atom stereocenters. The van der Waals surface area contributed by atoms with Crippen LogP contribution in [0, 0.1) is 0 Å². The molecule has 1 aromatic carbocycles. The molecule has 3 aromatic rings. The lowest BCUT2D eigenvalue weighted by Gasteiger charge is -1.98. The number of aromatic nitrogens is 3. The maximum atomic E-state index is 11.9. The van der Waals surface area contributed by atoms with Gasteiger partial charge in [-0.25, -0.2) is 5.43 Å². The lowest BCUT2D eigenvalue weighted by atomic mass is 10.2. The number of nitrogens with one attached hydrogen (secondary N) is 1. The number of benzene rings is 1. The van der Waals surface area contributed by atoms with E-state index in [0.717, 1.165) is 20.7 Å². The van der Waals surface area contributed by atoms with Gasteiger partial charge >= 0.3 is 0 Å². The Hall–Kier alpha value is -2.10. The summed E-state index contributed by atoms with van der Waals surface area (Å²) < 4.78 is 1.63. The summed E-state index contributed by atoms with van der Waals surface area (Å²) in [5.41, 5.74) is 4.16. The maximum absolute atomic E-state index is 11.9. The van der Waals surface area contributed by atoms with Gasteiger partial charge in [-0.05, 0) is 18.2 Å². The fraction of sp³-hybridized carbons (Fsp3) is 0.0625. The molecule has 25 heavy (non-hydrogen) atoms. The molecule has 0 fully saturated rings. The number of amides is 1. The number of halogens is 1. The number of carbonyl (C=O) groups is 1. The molecule has 2 aromatic heterocycles. The van der Waals surface area contributed by atoms with E-state index in [4.69, 9.17) is 0 Å². The zero-order valence-electron chi connectivity index (χ0n) is 12.8. The minimum Gasteiger partial charge on any atom is -0.272 e. The molecule has 0 saturated heterocycles. The lowest BCUT2D eigenvalue weighted by Crippen LogP contribution is -2.19. The van der Waals surface area contributed by atoms with Crippen molar-refractivity contribution in [3.63, 3.8) is 0 Å². The first kappa shape index (κ1) is 17.7. The Morgan fingerprint density at radius 3 is 2.88 bits per heavy atom. The van der Waals surface area contributed by atoms with E-state index >= 15 is 0 Å². The normalized spacial score (nSPS) is 10.9. The van der Waals surface area contributed by atoms with Crippen molar-refractivity contribution in [2.75, 3.05) is 5.75 Å². The molecule has 0 spiro atoms. The standard InChI is InChI=1S/C16H12BrN5OS2/c17-12-6-2-1-5-11(12)9-19-20-14(23)10-24-16-22-21-15(25-16)13-7-3-4-8-18-13/h1-9H,10H2,(H,20,23)/b19-9-. The van der Waals surface area contributed by atoms with Gasteiger partial charge in [0.2, 0.25) is 0 Å². The molecule has 0 aliphatic rings. The molecule has 0 unspecified atom stereocenters. The van der Waals surface area contributed by atoms with Crippen LogP contribution in [-0.2, 0) is 4.79 Å². The van der Waals surface area contributed by atoms with Crippen molar-refractivity contribution in [1.29, 1.82) is 0 Å². The predicted octanol–water partition coefficient (Wildman–Crippen LogP) is 3.61. The minimum absolute atomic E-state index is 0.206. The zero-order valence-corrected chi connectivity index (χ0v) is 16.0. The van der Waals surface area contributed by atoms with Crippen LogP contribution in [0.15, 0.2) is 62.6 Å². The first-order valence-corrected chi connectivity index (χ1v) is 9.76. The molecular formula is C16H12BrN5OS2. The summed E-state index contributed by atoms with van der Waals surface area (Å²) in [6.45, 7) is 0. The van der Waals surface area contributed by atoms with Gasteiger partial charge in [0, 0.05) is 16.2 Å². The van der Waals surface area contributed by atoms with Gasteiger partial charge in [0.25, 0.3) is 5.91 Å². The van der Waals surface area contributed by atoms with Crippen LogP contribution < -0.4 is 5.43 Å². The van der Waals surface area contributed by atoms with Crippen LogP contribution in [0.3, 0.4) is 0 Å². The first-order valence-electron chi connectivity index (χ1n) is 7.16. The molecule has 0 aliphatic heterocycles. The summed E-state index contributed by atoms with van der Waals surface area (Å²) in [5.74, 6) is 0.00679. The van der Waals surface area contributed by atoms with Gasteiger partial charge in [0.05, 0.1) is 12.0 Å². The largest absolute Gasteiger partial charge is 0.272 e. The SMILES string of the molecule is O=C(CSc1nnc(-c2ccccn2)s1)N/N=C\c1ccccc1Br. The van der Waals surface area contributed by atoms with Crippen molar-refractivity contribution >= 4 is 51.2 Å². The van der Waals surface area contributed by atoms with Crippen molar-refractivity contribution < 1.29 is 4.79 Å². The van der Waals surface area contributed by atoms with Crippen molar-refractivity contribution in [2.24, 2.45) is 5.10 Å². The highest BCUT2D eigenvalue weighted by molar-refractivity contribution is 9.10. The summed E-state index contributed by atoms with van der Waals surface area (Å²) in [6, 6.07) is 13.2. The van der Waals surface area contributed by atoms with Crippen LogP contribution >= 0.6 is 39.0 Å². The van der Waals surface area contributed by atoms with E-state index in [1.165, 1.54) is 23.1 Å². The van der Waals surface area contributed by atoms with E-state index in [0.29, 0.717) is 4.34 Å². The monoisotopic (exact) mass is 433 g/mol. The van der Waals surface area contributed by atoms with Crippen molar-refractivity contribution in [2.45, 2.75) is 4.34 Å². The van der Waals surface area contributed by atoms with E-state index in [1.54, 1.807) is 12.4 Å². The number of rotatable bonds is 6. The van der Waals surface area contributed by atoms with Gasteiger partial charge in [-0.15, -0.1) is 10.2 Å². The summed E-state index contributed by atoms with van der Waals surface area (Å²) in [4.78, 5) is 16.1. The highest BCUT2D eigenvalue weighted by Crippen LogP contribution is 2.27. The lowest BCUT2D eigenvalue weighted by molar-refractivity contribution is -0.118. The third-order valence-corrected chi connectivity index (χ3v) is 5.72. The summed E-state index contributed by atoms with van der Waals surface area (Å²) in [5, 5.41) is 12.9. The van der Waals surface area contributed by atoms with Crippen LogP contribution in [-0.4, -0.2) is 33.1 Å². The highest BCUT2D eigenvalue weighted by Gasteiger charge is 2.09. The van der Waals surface area contributed by atoms with Gasteiger partial charge in [-0.3, -0.25) is 9.78 Å². The van der Waals surface area contributed by atoms with Gasteiger partial charge in [0.15, 0.2) is 9.35 Å². The minimum atomic E-state index is -0.206. The molecule has 1 amide bonds. The van der Waals surface area contributed by atoms with Crippen molar-refractivity contribution in [3.8, 4) is 10.7 Å². The number of carbonyl (C=O) groups excluding carboxylic acids is 1. The molecule has 2 heterocycles. The predicted molar refractivity (Wildman–Crippen MR) is 104 cm³/mol. The fourth-order valence-corrected chi connectivity index (χ4v) is 3.78. The molecule has 0 aliphatic carbocycles. The summed E-state index contributed by atoms with van der Waals surface area (Å²) >= 11 is 6.14. The highest BCUT2D eigenvalue weighted by atomic mass is 79.9. The average Bonchev–Trinajstić information content (AvgIpc) is 3.11. The number of thioether (sulfide) groups is 1. The Kier molecular flexibility index (Phi) is 6.26. The van der Waals surface area contributed by atoms with Crippen molar-refractivity contribution in [3.05, 3.63) is 58.7 Å². The van der Waals surface area contributed by atoms with E-state index in [9.17, 15) is 4.79 Å². The first-order chi connectivity index (χ1) is 12.2. The van der Waals surface area contributed by atoms with E-state index in [1.807, 2.05) is 42.5 Å². The summed E-state index contributed by atoms with van der Waals surface area (Å²) in [6.07, 6.45) is 3.30. The second-order valence-electron chi connectivity index (χ2n) is 4.69. The molecular weight excluding hydrogens is 422 g/mol. The maximum Gasteiger partial charge on any atom is 0.250 e. The molecule has 6 nitrogen and oxygen atoms in total. The van der Waals surface area contributed by atoms with Crippen LogP contribution in [0.5, 0.6) is 0 Å². The fourth-order valence-electron chi connectivity index (χ4n) is 1.77. The van der Waals surface area contributed by atoms with Crippen molar-refractivity contribution in [1.82, 2.24) is 20.6 Å². The molecule has 0 saturated carbocycles. The molecule has 9 heteroatoms. The Morgan fingerprint density at radius 1 is 1.24 bits per heavy atom. The molecule has 126 valence electrons. The third kappa shape index (κ3) is 5.18. The zero-order chi connectivity index (χ0) is 17.5. The van der Waals surface area contributed by atoms with E-state index < -0.39 is 0 Å². The molecule has 0 bridgehead atoms. The Bertz CT molecular complexity index is 885. The Balaban J connectivity index is 1.50. The second kappa shape index (κ2) is 8.84. The number of hydrogen-bond donors (Lipinski definition) is 1. The molecule has 3 rings (SSSR count). The smallest absolute Gasteiger partial charge is 0.250 e. The average molecular weight is 434 g/mol. The van der Waals surface area contributed by atoms with E-state index in [-0.39, 0.29) is 11.7 Å².